The van der Waals surface area contributed by atoms with E-state index in [2.05, 4.69) is 0 Å². The number of benzene rings is 1. The maximum Gasteiger partial charge on any atom is 0.307 e. The Bertz CT molecular complexity index is 313. The summed E-state index contributed by atoms with van der Waals surface area (Å²) >= 11 is 0. The minimum atomic E-state index is -0.281. The predicted octanol–water partition coefficient (Wildman–Crippen LogP) is 1.05. The highest BCUT2D eigenvalue weighted by molar-refractivity contribution is 5.70. The van der Waals surface area contributed by atoms with Crippen LogP contribution in [-0.2, 0) is 9.53 Å². The molecule has 0 aliphatic carbocycles. The van der Waals surface area contributed by atoms with Crippen molar-refractivity contribution < 1.29 is 14.6 Å². The number of hydrogen-bond acceptors (Lipinski definition) is 4. The topological polar surface area (TPSA) is 49.8 Å². The predicted molar refractivity (Wildman–Crippen MR) is 62.4 cm³/mol. The lowest BCUT2D eigenvalue weighted by molar-refractivity contribution is -0.144. The van der Waals surface area contributed by atoms with Gasteiger partial charge in [0.15, 0.2) is 0 Å². The lowest BCUT2D eigenvalue weighted by atomic mass is 10.3. The van der Waals surface area contributed by atoms with Gasteiger partial charge in [0, 0.05) is 19.3 Å². The molecule has 4 heteroatoms. The van der Waals surface area contributed by atoms with Crippen LogP contribution in [0.5, 0.6) is 0 Å². The molecule has 0 heterocycles. The maximum absolute atomic E-state index is 11.2. The second-order valence-corrected chi connectivity index (χ2v) is 3.45. The van der Waals surface area contributed by atoms with Crippen LogP contribution >= 0.6 is 0 Å². The molecule has 0 radical (unpaired) electrons. The lowest BCUT2D eigenvalue weighted by Gasteiger charge is -2.18. The Morgan fingerprint density at radius 1 is 1.38 bits per heavy atom. The Morgan fingerprint density at radius 3 is 2.69 bits per heavy atom. The van der Waals surface area contributed by atoms with E-state index in [0.717, 1.165) is 5.69 Å². The molecule has 0 aliphatic rings. The van der Waals surface area contributed by atoms with Gasteiger partial charge in [-0.25, -0.2) is 0 Å². The molecule has 88 valence electrons. The number of carbonyl (C=O) groups excluding carboxylic acids is 1. The first-order chi connectivity index (χ1) is 7.74. The molecule has 0 saturated heterocycles. The van der Waals surface area contributed by atoms with Gasteiger partial charge in [-0.05, 0) is 12.1 Å². The molecular formula is C12H17NO3. The van der Waals surface area contributed by atoms with Crippen LogP contribution in [0.4, 0.5) is 5.69 Å². The molecule has 0 spiro atoms. The average Bonchev–Trinajstić information content (AvgIpc) is 2.34. The number of para-hydroxylation sites is 1. The largest absolute Gasteiger partial charge is 0.463 e. The summed E-state index contributed by atoms with van der Waals surface area (Å²) in [5.41, 5.74) is 1.07. The minimum absolute atomic E-state index is 0.0773. The van der Waals surface area contributed by atoms with Gasteiger partial charge in [-0.3, -0.25) is 4.79 Å². The van der Waals surface area contributed by atoms with E-state index in [1.807, 2.05) is 42.3 Å². The lowest BCUT2D eigenvalue weighted by Crippen LogP contribution is -2.22. The van der Waals surface area contributed by atoms with Crippen molar-refractivity contribution >= 4 is 11.7 Å². The monoisotopic (exact) mass is 223 g/mol. The molecule has 0 bridgehead atoms. The van der Waals surface area contributed by atoms with Crippen molar-refractivity contribution in [3.63, 3.8) is 0 Å². The quantitative estimate of drug-likeness (QED) is 0.732. The van der Waals surface area contributed by atoms with Crippen LogP contribution in [0.1, 0.15) is 6.42 Å². The van der Waals surface area contributed by atoms with Crippen LogP contribution < -0.4 is 4.90 Å². The number of esters is 1. The summed E-state index contributed by atoms with van der Waals surface area (Å²) < 4.78 is 4.76. The minimum Gasteiger partial charge on any atom is -0.463 e. The third-order valence-electron chi connectivity index (χ3n) is 2.20. The number of aliphatic hydroxyl groups excluding tert-OH is 1. The molecule has 0 fully saturated rings. The number of hydrogen-bond donors (Lipinski definition) is 1. The van der Waals surface area contributed by atoms with Crippen LogP contribution in [0.3, 0.4) is 0 Å². The van der Waals surface area contributed by atoms with Gasteiger partial charge >= 0.3 is 5.97 Å². The molecule has 1 rings (SSSR count). The fourth-order valence-electron chi connectivity index (χ4n) is 1.30. The molecule has 0 atom stereocenters. The summed E-state index contributed by atoms with van der Waals surface area (Å²) in [6, 6.07) is 9.83. The Kier molecular flexibility index (Phi) is 5.36. The molecule has 0 aliphatic heterocycles. The first-order valence-electron chi connectivity index (χ1n) is 5.26. The summed E-state index contributed by atoms with van der Waals surface area (Å²) in [5, 5.41) is 8.48. The van der Waals surface area contributed by atoms with Crippen molar-refractivity contribution in [2.24, 2.45) is 0 Å². The third-order valence-corrected chi connectivity index (χ3v) is 2.20. The van der Waals surface area contributed by atoms with Crippen LogP contribution in [0.15, 0.2) is 30.3 Å². The molecule has 0 unspecified atom stereocenters. The van der Waals surface area contributed by atoms with Crippen molar-refractivity contribution in [1.29, 1.82) is 0 Å². The van der Waals surface area contributed by atoms with Gasteiger partial charge in [0.05, 0.1) is 13.0 Å². The van der Waals surface area contributed by atoms with Gasteiger partial charge in [0.1, 0.15) is 6.61 Å². The van der Waals surface area contributed by atoms with E-state index in [9.17, 15) is 4.79 Å². The fraction of sp³-hybridized carbons (Fsp3) is 0.417. The normalized spacial score (nSPS) is 9.88. The van der Waals surface area contributed by atoms with Crippen molar-refractivity contribution in [3.8, 4) is 0 Å². The smallest absolute Gasteiger partial charge is 0.307 e. The number of anilines is 1. The summed E-state index contributed by atoms with van der Waals surface area (Å²) in [4.78, 5) is 13.2. The highest BCUT2D eigenvalue weighted by atomic mass is 16.5. The average molecular weight is 223 g/mol. The van der Waals surface area contributed by atoms with Crippen molar-refractivity contribution in [1.82, 2.24) is 0 Å². The Morgan fingerprint density at radius 2 is 2.06 bits per heavy atom. The van der Waals surface area contributed by atoms with Gasteiger partial charge < -0.3 is 14.7 Å². The van der Waals surface area contributed by atoms with E-state index < -0.39 is 0 Å². The zero-order valence-corrected chi connectivity index (χ0v) is 9.43. The molecule has 1 N–H and O–H groups in total. The zero-order chi connectivity index (χ0) is 11.8. The van der Waals surface area contributed by atoms with E-state index in [1.54, 1.807) is 0 Å². The Balaban J connectivity index is 2.30. The van der Waals surface area contributed by atoms with Crippen LogP contribution in [0.25, 0.3) is 0 Å². The van der Waals surface area contributed by atoms with Crippen LogP contribution in [0.2, 0.25) is 0 Å². The number of carbonyl (C=O) groups is 1. The van der Waals surface area contributed by atoms with Gasteiger partial charge in [-0.1, -0.05) is 18.2 Å². The summed E-state index contributed by atoms with van der Waals surface area (Å²) in [6.45, 7) is 0.558. The van der Waals surface area contributed by atoms with E-state index in [0.29, 0.717) is 13.0 Å². The number of aliphatic hydroxyl groups is 1. The number of nitrogens with zero attached hydrogens (tertiary/aromatic N) is 1. The maximum atomic E-state index is 11.2. The Hall–Kier alpha value is -1.55. The van der Waals surface area contributed by atoms with Crippen LogP contribution in [0, 0.1) is 0 Å². The first-order valence-corrected chi connectivity index (χ1v) is 5.26. The first kappa shape index (κ1) is 12.5. The number of rotatable bonds is 6. The SMILES string of the molecule is CN(CCC(=O)OCCO)c1ccccc1. The highest BCUT2D eigenvalue weighted by Gasteiger charge is 2.05. The molecular weight excluding hydrogens is 206 g/mol. The molecule has 1 aromatic carbocycles. The van der Waals surface area contributed by atoms with E-state index in [1.165, 1.54) is 0 Å². The summed E-state index contributed by atoms with van der Waals surface area (Å²) in [7, 11) is 1.93. The molecule has 16 heavy (non-hydrogen) atoms. The molecule has 0 saturated carbocycles. The number of ether oxygens (including phenoxy) is 1. The summed E-state index contributed by atoms with van der Waals surface area (Å²) in [6.07, 6.45) is 0.325. The van der Waals surface area contributed by atoms with E-state index in [-0.39, 0.29) is 19.2 Å². The highest BCUT2D eigenvalue weighted by Crippen LogP contribution is 2.10. The molecule has 0 aromatic heterocycles. The standard InChI is InChI=1S/C12H17NO3/c1-13(11-5-3-2-4-6-11)8-7-12(15)16-10-9-14/h2-6,14H,7-10H2,1H3. The zero-order valence-electron chi connectivity index (χ0n) is 9.43. The van der Waals surface area contributed by atoms with Crippen molar-refractivity contribution in [2.45, 2.75) is 6.42 Å². The summed E-state index contributed by atoms with van der Waals surface area (Å²) in [5.74, 6) is -0.281. The second-order valence-electron chi connectivity index (χ2n) is 3.45. The molecule has 1 aromatic rings. The van der Waals surface area contributed by atoms with Gasteiger partial charge in [0.2, 0.25) is 0 Å². The van der Waals surface area contributed by atoms with E-state index in [4.69, 9.17) is 9.84 Å². The molecule has 0 amide bonds. The third kappa shape index (κ3) is 4.31. The van der Waals surface area contributed by atoms with Crippen LogP contribution in [-0.4, -0.2) is 37.9 Å². The van der Waals surface area contributed by atoms with Gasteiger partial charge in [-0.2, -0.15) is 0 Å². The Labute approximate surface area is 95.5 Å². The second kappa shape index (κ2) is 6.85. The van der Waals surface area contributed by atoms with Crippen molar-refractivity contribution in [2.75, 3.05) is 31.7 Å². The van der Waals surface area contributed by atoms with Crippen molar-refractivity contribution in [3.05, 3.63) is 30.3 Å². The molecule has 4 nitrogen and oxygen atoms in total. The fourth-order valence-corrected chi connectivity index (χ4v) is 1.30. The van der Waals surface area contributed by atoms with E-state index >= 15 is 0 Å². The van der Waals surface area contributed by atoms with Gasteiger partial charge in [0.25, 0.3) is 0 Å². The van der Waals surface area contributed by atoms with Gasteiger partial charge in [-0.15, -0.1) is 0 Å².